The van der Waals surface area contributed by atoms with Gasteiger partial charge in [0.1, 0.15) is 5.03 Å². The SMILES string of the molecule is CCN(CC)CCn1c2c(c(SCC(=O)Nc3cc(C)no3)nc1=O)CCC2. The van der Waals surface area contributed by atoms with Crippen molar-refractivity contribution in [3.05, 3.63) is 33.5 Å². The van der Waals surface area contributed by atoms with Crippen molar-refractivity contribution >= 4 is 23.6 Å². The van der Waals surface area contributed by atoms with Crippen LogP contribution in [0.1, 0.15) is 37.2 Å². The van der Waals surface area contributed by atoms with Gasteiger partial charge < -0.3 is 9.42 Å². The van der Waals surface area contributed by atoms with Crippen molar-refractivity contribution in [2.75, 3.05) is 30.7 Å². The number of hydrogen-bond donors (Lipinski definition) is 1. The summed E-state index contributed by atoms with van der Waals surface area (Å²) < 4.78 is 6.82. The van der Waals surface area contributed by atoms with E-state index in [-0.39, 0.29) is 17.3 Å². The summed E-state index contributed by atoms with van der Waals surface area (Å²) in [7, 11) is 0. The van der Waals surface area contributed by atoms with Gasteiger partial charge in [-0.2, -0.15) is 4.98 Å². The Morgan fingerprint density at radius 1 is 1.36 bits per heavy atom. The third kappa shape index (κ3) is 4.82. The zero-order valence-corrected chi connectivity index (χ0v) is 17.5. The van der Waals surface area contributed by atoms with Crippen LogP contribution in [0.5, 0.6) is 0 Å². The molecule has 1 aliphatic rings. The standard InChI is InChI=1S/C19H27N5O3S/c1-4-23(5-2)9-10-24-15-8-6-7-14(15)18(21-19(24)26)28-12-16(25)20-17-11-13(3)22-27-17/h11H,4-10,12H2,1-3H3,(H,20,25). The molecule has 2 aromatic rings. The van der Waals surface area contributed by atoms with Crippen molar-refractivity contribution in [1.29, 1.82) is 0 Å². The summed E-state index contributed by atoms with van der Waals surface area (Å²) >= 11 is 1.31. The number of hydrogen-bond acceptors (Lipinski definition) is 7. The molecule has 2 heterocycles. The van der Waals surface area contributed by atoms with Crippen LogP contribution >= 0.6 is 11.8 Å². The number of aryl methyl sites for hydroxylation is 1. The maximum absolute atomic E-state index is 12.6. The first-order valence-corrected chi connectivity index (χ1v) is 10.7. The van der Waals surface area contributed by atoms with E-state index >= 15 is 0 Å². The molecule has 0 saturated carbocycles. The summed E-state index contributed by atoms with van der Waals surface area (Å²) in [6.45, 7) is 9.47. The van der Waals surface area contributed by atoms with Crippen molar-refractivity contribution in [2.24, 2.45) is 0 Å². The Hall–Kier alpha value is -2.13. The van der Waals surface area contributed by atoms with Crippen LogP contribution in [0, 0.1) is 6.92 Å². The van der Waals surface area contributed by atoms with Crippen LogP contribution in [-0.2, 0) is 24.2 Å². The molecular weight excluding hydrogens is 378 g/mol. The van der Waals surface area contributed by atoms with Gasteiger partial charge in [-0.3, -0.25) is 14.7 Å². The first-order valence-electron chi connectivity index (χ1n) is 9.72. The molecule has 152 valence electrons. The molecule has 1 amide bonds. The molecule has 0 atom stereocenters. The second kappa shape index (κ2) is 9.38. The van der Waals surface area contributed by atoms with Gasteiger partial charge in [0.05, 0.1) is 11.4 Å². The zero-order chi connectivity index (χ0) is 20.1. The Bertz CT molecular complexity index is 888. The highest BCUT2D eigenvalue weighted by molar-refractivity contribution is 8.00. The molecule has 28 heavy (non-hydrogen) atoms. The number of thioether (sulfide) groups is 1. The minimum Gasteiger partial charge on any atom is -0.338 e. The van der Waals surface area contributed by atoms with E-state index in [9.17, 15) is 9.59 Å². The molecule has 0 aliphatic heterocycles. The highest BCUT2D eigenvalue weighted by atomic mass is 32.2. The third-order valence-electron chi connectivity index (χ3n) is 4.97. The lowest BCUT2D eigenvalue weighted by Crippen LogP contribution is -2.34. The molecule has 0 aromatic carbocycles. The zero-order valence-electron chi connectivity index (χ0n) is 16.7. The minimum atomic E-state index is -0.221. The lowest BCUT2D eigenvalue weighted by molar-refractivity contribution is -0.113. The molecule has 0 unspecified atom stereocenters. The van der Waals surface area contributed by atoms with Crippen LogP contribution in [0.3, 0.4) is 0 Å². The van der Waals surface area contributed by atoms with Gasteiger partial charge in [-0.1, -0.05) is 30.8 Å². The molecule has 0 saturated heterocycles. The molecule has 1 N–H and O–H groups in total. The van der Waals surface area contributed by atoms with Gasteiger partial charge >= 0.3 is 5.69 Å². The Morgan fingerprint density at radius 2 is 2.14 bits per heavy atom. The Morgan fingerprint density at radius 3 is 2.82 bits per heavy atom. The summed E-state index contributed by atoms with van der Waals surface area (Å²) in [5.41, 5.74) is 2.69. The predicted octanol–water partition coefficient (Wildman–Crippen LogP) is 2.10. The van der Waals surface area contributed by atoms with Crippen molar-refractivity contribution in [3.63, 3.8) is 0 Å². The van der Waals surface area contributed by atoms with Crippen LogP contribution in [0.15, 0.2) is 20.4 Å². The van der Waals surface area contributed by atoms with Crippen molar-refractivity contribution in [2.45, 2.75) is 51.6 Å². The van der Waals surface area contributed by atoms with E-state index in [0.717, 1.165) is 50.2 Å². The third-order valence-corrected chi connectivity index (χ3v) is 5.98. The van der Waals surface area contributed by atoms with Gasteiger partial charge in [0.15, 0.2) is 0 Å². The largest absolute Gasteiger partial charge is 0.348 e. The lowest BCUT2D eigenvalue weighted by atomic mass is 10.2. The topological polar surface area (TPSA) is 93.3 Å². The molecule has 0 radical (unpaired) electrons. The number of nitrogens with zero attached hydrogens (tertiary/aromatic N) is 4. The van der Waals surface area contributed by atoms with E-state index in [4.69, 9.17) is 4.52 Å². The maximum Gasteiger partial charge on any atom is 0.348 e. The number of rotatable bonds is 9. The fraction of sp³-hybridized carbons (Fsp3) is 0.579. The molecule has 8 nitrogen and oxygen atoms in total. The number of likely N-dealkylation sites (N-methyl/N-ethyl adjacent to an activating group) is 1. The maximum atomic E-state index is 12.6. The number of fused-ring (bicyclic) bond motifs is 1. The highest BCUT2D eigenvalue weighted by Gasteiger charge is 2.22. The van der Waals surface area contributed by atoms with Crippen LogP contribution < -0.4 is 11.0 Å². The summed E-state index contributed by atoms with van der Waals surface area (Å²) in [6, 6.07) is 1.66. The fourth-order valence-electron chi connectivity index (χ4n) is 3.45. The normalized spacial score (nSPS) is 13.1. The first kappa shape index (κ1) is 20.6. The molecule has 3 rings (SSSR count). The predicted molar refractivity (Wildman–Crippen MR) is 109 cm³/mol. The van der Waals surface area contributed by atoms with E-state index in [1.165, 1.54) is 11.8 Å². The van der Waals surface area contributed by atoms with Crippen molar-refractivity contribution in [1.82, 2.24) is 19.6 Å². The first-order chi connectivity index (χ1) is 13.5. The molecule has 0 bridgehead atoms. The smallest absolute Gasteiger partial charge is 0.338 e. The van der Waals surface area contributed by atoms with E-state index in [0.29, 0.717) is 23.1 Å². The number of anilines is 1. The van der Waals surface area contributed by atoms with Gasteiger partial charge in [-0.15, -0.1) is 0 Å². The van der Waals surface area contributed by atoms with E-state index in [1.54, 1.807) is 13.0 Å². The van der Waals surface area contributed by atoms with Crippen molar-refractivity contribution < 1.29 is 9.32 Å². The summed E-state index contributed by atoms with van der Waals surface area (Å²) in [6.07, 6.45) is 2.81. The molecule has 1 aliphatic carbocycles. The van der Waals surface area contributed by atoms with Gasteiger partial charge in [0, 0.05) is 30.4 Å². The quantitative estimate of drug-likeness (QED) is 0.504. The Balaban J connectivity index is 1.69. The summed E-state index contributed by atoms with van der Waals surface area (Å²) in [5, 5.41) is 7.09. The van der Waals surface area contributed by atoms with E-state index in [1.807, 2.05) is 4.57 Å². The second-order valence-corrected chi connectivity index (χ2v) is 7.79. The Labute approximate surface area is 168 Å². The van der Waals surface area contributed by atoms with E-state index < -0.39 is 0 Å². The molecule has 2 aromatic heterocycles. The summed E-state index contributed by atoms with van der Waals surface area (Å²) in [5.74, 6) is 0.288. The monoisotopic (exact) mass is 405 g/mol. The highest BCUT2D eigenvalue weighted by Crippen LogP contribution is 2.29. The number of amides is 1. The molecule has 9 heteroatoms. The van der Waals surface area contributed by atoms with E-state index in [2.05, 4.69) is 34.2 Å². The van der Waals surface area contributed by atoms with Gasteiger partial charge in [-0.05, 0) is 39.3 Å². The number of aromatic nitrogens is 3. The number of carbonyl (C=O) groups excluding carboxylic acids is 1. The number of carbonyl (C=O) groups is 1. The Kier molecular flexibility index (Phi) is 6.90. The molecule has 0 spiro atoms. The average molecular weight is 406 g/mol. The summed E-state index contributed by atoms with van der Waals surface area (Å²) in [4.78, 5) is 31.4. The van der Waals surface area contributed by atoms with Crippen LogP contribution in [0.2, 0.25) is 0 Å². The van der Waals surface area contributed by atoms with Gasteiger partial charge in [-0.25, -0.2) is 4.79 Å². The molecule has 0 fully saturated rings. The van der Waals surface area contributed by atoms with Crippen molar-refractivity contribution in [3.8, 4) is 0 Å². The van der Waals surface area contributed by atoms with Crippen LogP contribution in [0.4, 0.5) is 5.88 Å². The minimum absolute atomic E-state index is 0.169. The second-order valence-electron chi connectivity index (χ2n) is 6.83. The fourth-order valence-corrected chi connectivity index (χ4v) is 4.32. The lowest BCUT2D eigenvalue weighted by Gasteiger charge is -2.20. The number of nitrogens with one attached hydrogen (secondary N) is 1. The van der Waals surface area contributed by atoms with Gasteiger partial charge in [0.25, 0.3) is 0 Å². The van der Waals surface area contributed by atoms with Crippen LogP contribution in [0.25, 0.3) is 0 Å². The molecular formula is C19H27N5O3S. The van der Waals surface area contributed by atoms with Crippen LogP contribution in [-0.4, -0.2) is 50.9 Å². The average Bonchev–Trinajstić information content (AvgIpc) is 3.31. The van der Waals surface area contributed by atoms with Gasteiger partial charge in [0.2, 0.25) is 11.8 Å².